The van der Waals surface area contributed by atoms with Gasteiger partial charge >= 0.3 is 12.0 Å². The Kier molecular flexibility index (Phi) is 7.29. The fourth-order valence-corrected chi connectivity index (χ4v) is 1.16. The number of nitrogens with zero attached hydrogens (tertiary/aromatic N) is 2. The molecular formula is C11H23N3O3. The molecule has 6 heteroatoms. The number of carbonyl (C=O) groups is 2. The summed E-state index contributed by atoms with van der Waals surface area (Å²) in [6.45, 7) is 5.14. The highest BCUT2D eigenvalue weighted by molar-refractivity contribution is 5.75. The van der Waals surface area contributed by atoms with Gasteiger partial charge in [0, 0.05) is 25.7 Å². The minimum Gasteiger partial charge on any atom is -0.481 e. The van der Waals surface area contributed by atoms with Gasteiger partial charge in [0.1, 0.15) is 0 Å². The first-order valence-electron chi connectivity index (χ1n) is 5.79. The highest BCUT2D eigenvalue weighted by Gasteiger charge is 2.13. The third-order valence-corrected chi connectivity index (χ3v) is 2.69. The maximum absolute atomic E-state index is 11.7. The van der Waals surface area contributed by atoms with E-state index in [0.717, 1.165) is 0 Å². The third kappa shape index (κ3) is 6.78. The summed E-state index contributed by atoms with van der Waals surface area (Å²) in [6.07, 6.45) is -0.0233. The third-order valence-electron chi connectivity index (χ3n) is 2.69. The van der Waals surface area contributed by atoms with Crippen LogP contribution in [0.25, 0.3) is 0 Å². The maximum Gasteiger partial charge on any atom is 0.317 e. The molecule has 17 heavy (non-hydrogen) atoms. The van der Waals surface area contributed by atoms with Crippen LogP contribution in [-0.2, 0) is 4.79 Å². The Morgan fingerprint density at radius 2 is 1.94 bits per heavy atom. The Morgan fingerprint density at radius 3 is 2.35 bits per heavy atom. The topological polar surface area (TPSA) is 72.9 Å². The van der Waals surface area contributed by atoms with Gasteiger partial charge in [0.2, 0.25) is 0 Å². The van der Waals surface area contributed by atoms with E-state index in [9.17, 15) is 9.59 Å². The van der Waals surface area contributed by atoms with Crippen LogP contribution in [0.5, 0.6) is 0 Å². The SMILES string of the molecule is CCN(CCC(=O)O)C(=O)NCC(C)N(C)C. The van der Waals surface area contributed by atoms with Gasteiger partial charge in [0.05, 0.1) is 6.42 Å². The van der Waals surface area contributed by atoms with Gasteiger partial charge < -0.3 is 20.2 Å². The summed E-state index contributed by atoms with van der Waals surface area (Å²) in [5, 5.41) is 11.4. The van der Waals surface area contributed by atoms with Crippen molar-refractivity contribution in [2.24, 2.45) is 0 Å². The molecule has 0 saturated carbocycles. The van der Waals surface area contributed by atoms with Gasteiger partial charge in [0.15, 0.2) is 0 Å². The second-order valence-corrected chi connectivity index (χ2v) is 4.22. The van der Waals surface area contributed by atoms with E-state index in [1.54, 1.807) is 0 Å². The van der Waals surface area contributed by atoms with Crippen LogP contribution in [0.4, 0.5) is 4.79 Å². The summed E-state index contributed by atoms with van der Waals surface area (Å²) < 4.78 is 0. The van der Waals surface area contributed by atoms with E-state index in [0.29, 0.717) is 13.1 Å². The van der Waals surface area contributed by atoms with Gasteiger partial charge in [0.25, 0.3) is 0 Å². The van der Waals surface area contributed by atoms with Crippen LogP contribution in [0.1, 0.15) is 20.3 Å². The van der Waals surface area contributed by atoms with Crippen molar-refractivity contribution in [1.29, 1.82) is 0 Å². The molecule has 6 nitrogen and oxygen atoms in total. The highest BCUT2D eigenvalue weighted by Crippen LogP contribution is 1.94. The predicted molar refractivity (Wildman–Crippen MR) is 66.0 cm³/mol. The quantitative estimate of drug-likeness (QED) is 0.683. The number of likely N-dealkylation sites (N-methyl/N-ethyl adjacent to an activating group) is 1. The van der Waals surface area contributed by atoms with Crippen molar-refractivity contribution in [2.45, 2.75) is 26.3 Å². The number of aliphatic carboxylic acids is 1. The number of hydrogen-bond donors (Lipinski definition) is 2. The largest absolute Gasteiger partial charge is 0.481 e. The van der Waals surface area contributed by atoms with Crippen LogP contribution in [0.3, 0.4) is 0 Å². The normalized spacial score (nSPS) is 12.3. The summed E-state index contributed by atoms with van der Waals surface area (Å²) in [4.78, 5) is 25.7. The average molecular weight is 245 g/mol. The van der Waals surface area contributed by atoms with E-state index in [-0.39, 0.29) is 25.0 Å². The Morgan fingerprint density at radius 1 is 1.35 bits per heavy atom. The van der Waals surface area contributed by atoms with E-state index in [2.05, 4.69) is 5.32 Å². The molecule has 1 atom stereocenters. The molecule has 0 radical (unpaired) electrons. The number of nitrogens with one attached hydrogen (secondary N) is 1. The van der Waals surface area contributed by atoms with Crippen LogP contribution >= 0.6 is 0 Å². The van der Waals surface area contributed by atoms with Gasteiger partial charge in [-0.25, -0.2) is 4.79 Å². The van der Waals surface area contributed by atoms with Crippen molar-refractivity contribution in [3.63, 3.8) is 0 Å². The zero-order valence-corrected chi connectivity index (χ0v) is 11.1. The summed E-state index contributed by atoms with van der Waals surface area (Å²) in [5.41, 5.74) is 0. The Labute approximate surface area is 103 Å². The van der Waals surface area contributed by atoms with E-state index >= 15 is 0 Å². The number of rotatable bonds is 7. The van der Waals surface area contributed by atoms with Crippen molar-refractivity contribution >= 4 is 12.0 Å². The molecule has 0 aliphatic rings. The molecule has 0 saturated heterocycles. The van der Waals surface area contributed by atoms with Gasteiger partial charge in [-0.1, -0.05) is 0 Å². The minimum absolute atomic E-state index is 0.0233. The Balaban J connectivity index is 4.04. The molecule has 0 rings (SSSR count). The van der Waals surface area contributed by atoms with Crippen LogP contribution in [0, 0.1) is 0 Å². The molecule has 1 unspecified atom stereocenters. The lowest BCUT2D eigenvalue weighted by Gasteiger charge is -2.24. The second kappa shape index (κ2) is 7.89. The molecule has 0 fully saturated rings. The molecule has 0 spiro atoms. The van der Waals surface area contributed by atoms with E-state index < -0.39 is 5.97 Å². The zero-order valence-electron chi connectivity index (χ0n) is 11.1. The maximum atomic E-state index is 11.7. The van der Waals surface area contributed by atoms with Crippen molar-refractivity contribution < 1.29 is 14.7 Å². The van der Waals surface area contributed by atoms with E-state index in [1.165, 1.54) is 4.90 Å². The number of carboxylic acid groups (broad SMARTS) is 1. The predicted octanol–water partition coefficient (Wildman–Crippen LogP) is 0.443. The molecule has 0 aliphatic heterocycles. The molecule has 0 bridgehead atoms. The fraction of sp³-hybridized carbons (Fsp3) is 0.818. The van der Waals surface area contributed by atoms with Gasteiger partial charge in [-0.15, -0.1) is 0 Å². The zero-order chi connectivity index (χ0) is 13.4. The lowest BCUT2D eigenvalue weighted by molar-refractivity contribution is -0.137. The van der Waals surface area contributed by atoms with Crippen LogP contribution in [0.2, 0.25) is 0 Å². The number of amides is 2. The van der Waals surface area contributed by atoms with Crippen molar-refractivity contribution in [1.82, 2.24) is 15.1 Å². The molecule has 0 heterocycles. The molecule has 0 aromatic heterocycles. The van der Waals surface area contributed by atoms with Crippen LogP contribution in [-0.4, -0.2) is 66.7 Å². The smallest absolute Gasteiger partial charge is 0.317 e. The number of carboxylic acids is 1. The highest BCUT2D eigenvalue weighted by atomic mass is 16.4. The molecular weight excluding hydrogens is 222 g/mol. The summed E-state index contributed by atoms with van der Waals surface area (Å²) in [7, 11) is 3.89. The lowest BCUT2D eigenvalue weighted by Crippen LogP contribution is -2.45. The Bertz CT molecular complexity index is 256. The van der Waals surface area contributed by atoms with Gasteiger partial charge in [-0.3, -0.25) is 4.79 Å². The van der Waals surface area contributed by atoms with E-state index in [1.807, 2.05) is 32.8 Å². The summed E-state index contributed by atoms with van der Waals surface area (Å²) >= 11 is 0. The average Bonchev–Trinajstić information content (AvgIpc) is 2.25. The van der Waals surface area contributed by atoms with Crippen molar-refractivity contribution in [2.75, 3.05) is 33.7 Å². The van der Waals surface area contributed by atoms with E-state index in [4.69, 9.17) is 5.11 Å². The van der Waals surface area contributed by atoms with Crippen molar-refractivity contribution in [3.8, 4) is 0 Å². The van der Waals surface area contributed by atoms with Crippen LogP contribution < -0.4 is 5.32 Å². The molecule has 0 aliphatic carbocycles. The summed E-state index contributed by atoms with van der Waals surface area (Å²) in [5.74, 6) is -0.891. The minimum atomic E-state index is -0.891. The molecule has 100 valence electrons. The number of urea groups is 1. The lowest BCUT2D eigenvalue weighted by atomic mass is 10.3. The van der Waals surface area contributed by atoms with Gasteiger partial charge in [-0.05, 0) is 27.9 Å². The second-order valence-electron chi connectivity index (χ2n) is 4.22. The first-order chi connectivity index (χ1) is 7.88. The molecule has 0 aromatic rings. The van der Waals surface area contributed by atoms with Crippen molar-refractivity contribution in [3.05, 3.63) is 0 Å². The molecule has 2 N–H and O–H groups in total. The fourth-order valence-electron chi connectivity index (χ4n) is 1.16. The molecule has 0 aromatic carbocycles. The number of hydrogen-bond acceptors (Lipinski definition) is 3. The Hall–Kier alpha value is -1.30. The first kappa shape index (κ1) is 15.7. The monoisotopic (exact) mass is 245 g/mol. The summed E-state index contributed by atoms with van der Waals surface area (Å²) in [6, 6.07) is 0.0413. The van der Waals surface area contributed by atoms with Gasteiger partial charge in [-0.2, -0.15) is 0 Å². The molecule has 2 amide bonds. The standard InChI is InChI=1S/C11H23N3O3/c1-5-14(7-6-10(15)16)11(17)12-8-9(2)13(3)4/h9H,5-8H2,1-4H3,(H,12,17)(H,15,16). The first-order valence-corrected chi connectivity index (χ1v) is 5.79. The van der Waals surface area contributed by atoms with Crippen LogP contribution in [0.15, 0.2) is 0 Å². The number of carbonyl (C=O) groups excluding carboxylic acids is 1.